The first-order valence-electron chi connectivity index (χ1n) is 6.32. The smallest absolute Gasteiger partial charge is 0.220 e. The highest BCUT2D eigenvalue weighted by atomic mass is 32.2. The minimum absolute atomic E-state index is 0.250. The summed E-state index contributed by atoms with van der Waals surface area (Å²) in [4.78, 5) is 11.7. The van der Waals surface area contributed by atoms with Crippen LogP contribution in [0.25, 0.3) is 0 Å². The molecular formula is C12H22N2OS. The first-order chi connectivity index (χ1) is 7.78. The van der Waals surface area contributed by atoms with E-state index in [-0.39, 0.29) is 5.91 Å². The zero-order valence-corrected chi connectivity index (χ0v) is 10.8. The lowest BCUT2D eigenvalue weighted by Crippen LogP contribution is -2.48. The summed E-state index contributed by atoms with van der Waals surface area (Å²) in [6.07, 6.45) is 8.63. The van der Waals surface area contributed by atoms with Gasteiger partial charge in [0, 0.05) is 24.5 Å². The molecule has 0 aliphatic carbocycles. The predicted octanol–water partition coefficient (Wildman–Crippen LogP) is 1.53. The van der Waals surface area contributed by atoms with Gasteiger partial charge in [-0.1, -0.05) is 0 Å². The van der Waals surface area contributed by atoms with E-state index >= 15 is 0 Å². The summed E-state index contributed by atoms with van der Waals surface area (Å²) in [5, 5.41) is 6.78. The van der Waals surface area contributed by atoms with Crippen LogP contribution in [-0.2, 0) is 4.79 Å². The number of hydrogen-bond donors (Lipinski definition) is 2. The molecular weight excluding hydrogens is 220 g/mol. The Morgan fingerprint density at radius 1 is 1.38 bits per heavy atom. The molecule has 2 atom stereocenters. The van der Waals surface area contributed by atoms with Gasteiger partial charge in [0.1, 0.15) is 0 Å². The van der Waals surface area contributed by atoms with E-state index in [1.54, 1.807) is 0 Å². The van der Waals surface area contributed by atoms with E-state index in [1.807, 2.05) is 11.8 Å². The van der Waals surface area contributed by atoms with E-state index in [2.05, 4.69) is 16.9 Å². The van der Waals surface area contributed by atoms with Gasteiger partial charge >= 0.3 is 0 Å². The van der Waals surface area contributed by atoms with Crippen molar-refractivity contribution in [1.29, 1.82) is 0 Å². The molecule has 0 aromatic heterocycles. The normalized spacial score (nSPS) is 32.7. The van der Waals surface area contributed by atoms with Crippen molar-refractivity contribution >= 4 is 17.7 Å². The topological polar surface area (TPSA) is 41.1 Å². The van der Waals surface area contributed by atoms with Gasteiger partial charge in [0.15, 0.2) is 0 Å². The van der Waals surface area contributed by atoms with Gasteiger partial charge in [0.05, 0.1) is 0 Å². The maximum absolute atomic E-state index is 11.7. The summed E-state index contributed by atoms with van der Waals surface area (Å²) in [6.45, 7) is 0. The number of hydrogen-bond acceptors (Lipinski definition) is 3. The van der Waals surface area contributed by atoms with Crippen molar-refractivity contribution in [2.75, 3.05) is 12.0 Å². The van der Waals surface area contributed by atoms with E-state index in [0.717, 1.165) is 25.0 Å². The number of carbonyl (C=O) groups is 1. The number of carbonyl (C=O) groups excluding carboxylic acids is 1. The first-order valence-corrected chi connectivity index (χ1v) is 7.71. The van der Waals surface area contributed by atoms with Gasteiger partial charge in [-0.25, -0.2) is 0 Å². The predicted molar refractivity (Wildman–Crippen MR) is 68.7 cm³/mol. The molecule has 2 unspecified atom stereocenters. The molecule has 2 heterocycles. The fourth-order valence-electron chi connectivity index (χ4n) is 2.85. The molecule has 2 aliphatic rings. The fourth-order valence-corrected chi connectivity index (χ4v) is 3.29. The molecule has 0 spiro atoms. The number of fused-ring (bicyclic) bond motifs is 2. The second-order valence-corrected chi connectivity index (χ2v) is 5.96. The summed E-state index contributed by atoms with van der Waals surface area (Å²) in [7, 11) is 0. The average Bonchev–Trinajstić information content (AvgIpc) is 2.58. The Morgan fingerprint density at radius 2 is 2.06 bits per heavy atom. The van der Waals surface area contributed by atoms with Gasteiger partial charge in [-0.05, 0) is 44.1 Å². The molecule has 0 aromatic carbocycles. The molecule has 0 aromatic rings. The van der Waals surface area contributed by atoms with Gasteiger partial charge in [-0.3, -0.25) is 4.79 Å². The Morgan fingerprint density at radius 3 is 2.69 bits per heavy atom. The minimum atomic E-state index is 0.250. The van der Waals surface area contributed by atoms with Crippen molar-refractivity contribution in [2.45, 2.75) is 56.7 Å². The molecule has 16 heavy (non-hydrogen) atoms. The van der Waals surface area contributed by atoms with Crippen LogP contribution in [0.1, 0.15) is 38.5 Å². The van der Waals surface area contributed by atoms with E-state index in [9.17, 15) is 4.79 Å². The van der Waals surface area contributed by atoms with E-state index in [4.69, 9.17) is 0 Å². The zero-order chi connectivity index (χ0) is 11.4. The maximum Gasteiger partial charge on any atom is 0.220 e. The van der Waals surface area contributed by atoms with Crippen molar-refractivity contribution in [3.8, 4) is 0 Å². The molecule has 2 N–H and O–H groups in total. The Balaban J connectivity index is 1.67. The van der Waals surface area contributed by atoms with Gasteiger partial charge < -0.3 is 10.6 Å². The molecule has 2 saturated heterocycles. The van der Waals surface area contributed by atoms with Crippen molar-refractivity contribution < 1.29 is 4.79 Å². The standard InChI is InChI=1S/C12H22N2OS/c1-16-6-2-3-12(15)14-11-7-9-4-5-10(8-11)13-9/h9-11,13H,2-8H2,1H3,(H,14,15). The number of piperidine rings is 1. The lowest BCUT2D eigenvalue weighted by atomic mass is 10.00. The van der Waals surface area contributed by atoms with Crippen LogP contribution < -0.4 is 10.6 Å². The van der Waals surface area contributed by atoms with Crippen LogP contribution in [0.3, 0.4) is 0 Å². The third-order valence-electron chi connectivity index (χ3n) is 3.59. The number of nitrogens with one attached hydrogen (secondary N) is 2. The number of amides is 1. The second kappa shape index (κ2) is 5.92. The molecule has 92 valence electrons. The molecule has 0 radical (unpaired) electrons. The number of rotatable bonds is 5. The molecule has 2 fully saturated rings. The number of thioether (sulfide) groups is 1. The van der Waals surface area contributed by atoms with Crippen molar-refractivity contribution in [2.24, 2.45) is 0 Å². The van der Waals surface area contributed by atoms with Crippen molar-refractivity contribution in [1.82, 2.24) is 10.6 Å². The molecule has 3 nitrogen and oxygen atoms in total. The van der Waals surface area contributed by atoms with Crippen molar-refractivity contribution in [3.63, 3.8) is 0 Å². The minimum Gasteiger partial charge on any atom is -0.353 e. The van der Waals surface area contributed by atoms with Crippen LogP contribution in [0.4, 0.5) is 0 Å². The molecule has 2 aliphatic heterocycles. The lowest BCUT2D eigenvalue weighted by Gasteiger charge is -2.29. The third-order valence-corrected chi connectivity index (χ3v) is 4.29. The van der Waals surface area contributed by atoms with Gasteiger partial charge in [0.2, 0.25) is 5.91 Å². The highest BCUT2D eigenvalue weighted by Crippen LogP contribution is 2.26. The Kier molecular flexibility index (Phi) is 4.53. The van der Waals surface area contributed by atoms with Crippen LogP contribution in [0.5, 0.6) is 0 Å². The molecule has 0 saturated carbocycles. The van der Waals surface area contributed by atoms with E-state index in [0.29, 0.717) is 24.5 Å². The molecule has 2 bridgehead atoms. The highest BCUT2D eigenvalue weighted by molar-refractivity contribution is 7.98. The third kappa shape index (κ3) is 3.39. The quantitative estimate of drug-likeness (QED) is 0.718. The monoisotopic (exact) mass is 242 g/mol. The highest BCUT2D eigenvalue weighted by Gasteiger charge is 2.33. The summed E-state index contributed by atoms with van der Waals surface area (Å²) < 4.78 is 0. The van der Waals surface area contributed by atoms with Crippen LogP contribution in [0, 0.1) is 0 Å². The average molecular weight is 242 g/mol. The van der Waals surface area contributed by atoms with E-state index < -0.39 is 0 Å². The fraction of sp³-hybridized carbons (Fsp3) is 0.917. The summed E-state index contributed by atoms with van der Waals surface area (Å²) in [5.41, 5.74) is 0. The van der Waals surface area contributed by atoms with Gasteiger partial charge in [0.25, 0.3) is 0 Å². The van der Waals surface area contributed by atoms with Crippen LogP contribution in [0.15, 0.2) is 0 Å². The summed E-state index contributed by atoms with van der Waals surface area (Å²) in [6, 6.07) is 1.76. The zero-order valence-electron chi connectivity index (χ0n) is 10.00. The maximum atomic E-state index is 11.7. The first kappa shape index (κ1) is 12.2. The Labute approximate surface area is 102 Å². The van der Waals surface area contributed by atoms with Gasteiger partial charge in [-0.15, -0.1) is 0 Å². The SMILES string of the molecule is CSCCCC(=O)NC1CC2CCC(C1)N2. The van der Waals surface area contributed by atoms with Gasteiger partial charge in [-0.2, -0.15) is 11.8 Å². The largest absolute Gasteiger partial charge is 0.353 e. The summed E-state index contributed by atoms with van der Waals surface area (Å²) >= 11 is 1.81. The second-order valence-electron chi connectivity index (χ2n) is 4.97. The van der Waals surface area contributed by atoms with Crippen LogP contribution >= 0.6 is 11.8 Å². The molecule has 1 amide bonds. The van der Waals surface area contributed by atoms with Crippen LogP contribution in [-0.4, -0.2) is 36.0 Å². The van der Waals surface area contributed by atoms with Crippen molar-refractivity contribution in [3.05, 3.63) is 0 Å². The molecule has 4 heteroatoms. The van der Waals surface area contributed by atoms with Crippen LogP contribution in [0.2, 0.25) is 0 Å². The lowest BCUT2D eigenvalue weighted by molar-refractivity contribution is -0.122. The Bertz CT molecular complexity index is 235. The van der Waals surface area contributed by atoms with E-state index in [1.165, 1.54) is 12.8 Å². The molecule has 2 rings (SSSR count). The summed E-state index contributed by atoms with van der Waals surface area (Å²) in [5.74, 6) is 1.34. The Hall–Kier alpha value is -0.220.